The molecule has 0 fully saturated rings. The molecule has 0 spiro atoms. The molecule has 1 atom stereocenters. The zero-order valence-corrected chi connectivity index (χ0v) is 15.0. The second-order valence-corrected chi connectivity index (χ2v) is 7.69. The largest absolute Gasteiger partial charge is 0.346 e. The maximum atomic E-state index is 11.6. The zero-order valence-electron chi connectivity index (χ0n) is 14.2. The Morgan fingerprint density at radius 1 is 1.08 bits per heavy atom. The van der Waals surface area contributed by atoms with Crippen LogP contribution in [0.15, 0.2) is 48.5 Å². The van der Waals surface area contributed by atoms with Crippen LogP contribution in [0.2, 0.25) is 0 Å². The van der Waals surface area contributed by atoms with Crippen LogP contribution >= 0.6 is 11.8 Å². The van der Waals surface area contributed by atoms with Crippen LogP contribution in [0.4, 0.5) is 5.69 Å². The van der Waals surface area contributed by atoms with Gasteiger partial charge in [-0.3, -0.25) is 0 Å². The highest BCUT2D eigenvalue weighted by molar-refractivity contribution is 8.13. The summed E-state index contributed by atoms with van der Waals surface area (Å²) in [6, 6.07) is 16.5. The van der Waals surface area contributed by atoms with Gasteiger partial charge >= 0.3 is 5.17 Å². The molecule has 4 rings (SSSR count). The van der Waals surface area contributed by atoms with E-state index in [9.17, 15) is 5.11 Å². The van der Waals surface area contributed by atoms with E-state index in [2.05, 4.69) is 41.5 Å². The van der Waals surface area contributed by atoms with Crippen LogP contribution in [-0.4, -0.2) is 33.7 Å². The van der Waals surface area contributed by atoms with E-state index in [-0.39, 0.29) is 0 Å². The monoisotopic (exact) mass is 339 g/mol. The molecule has 2 aromatic carbocycles. The van der Waals surface area contributed by atoms with Crippen molar-refractivity contribution in [3.63, 3.8) is 0 Å². The average Bonchev–Trinajstić information content (AvgIpc) is 2.93. The lowest BCUT2D eigenvalue weighted by molar-refractivity contribution is -0.656. The van der Waals surface area contributed by atoms with Gasteiger partial charge in [0.05, 0.1) is 6.54 Å². The molecule has 3 nitrogen and oxygen atoms in total. The molecule has 0 amide bonds. The van der Waals surface area contributed by atoms with E-state index < -0.39 is 5.72 Å². The number of anilines is 1. The Labute approximate surface area is 147 Å². The normalized spacial score (nSPS) is 23.5. The van der Waals surface area contributed by atoms with Crippen molar-refractivity contribution < 1.29 is 9.68 Å². The predicted octanol–water partition coefficient (Wildman–Crippen LogP) is 3.47. The minimum Gasteiger partial charge on any atom is -0.346 e. The van der Waals surface area contributed by atoms with Crippen LogP contribution in [0.5, 0.6) is 0 Å². The SMILES string of the molecule is Cc1cccc(N2C[C@](O)(c3ccccc3)[N+]3=C2SCCC3)c1C. The fourth-order valence-electron chi connectivity index (χ4n) is 3.67. The maximum Gasteiger partial charge on any atom is 0.316 e. The molecule has 0 aromatic heterocycles. The highest BCUT2D eigenvalue weighted by atomic mass is 32.2. The van der Waals surface area contributed by atoms with Crippen molar-refractivity contribution >= 4 is 22.6 Å². The van der Waals surface area contributed by atoms with Gasteiger partial charge in [-0.1, -0.05) is 42.5 Å². The number of thioether (sulfide) groups is 1. The summed E-state index contributed by atoms with van der Waals surface area (Å²) in [7, 11) is 0. The summed E-state index contributed by atoms with van der Waals surface area (Å²) in [6.07, 6.45) is 1.10. The molecule has 0 unspecified atom stereocenters. The molecule has 24 heavy (non-hydrogen) atoms. The Balaban J connectivity index is 1.84. The van der Waals surface area contributed by atoms with Gasteiger partial charge in [0.25, 0.3) is 5.72 Å². The predicted molar refractivity (Wildman–Crippen MR) is 101 cm³/mol. The van der Waals surface area contributed by atoms with Gasteiger partial charge in [0.2, 0.25) is 0 Å². The summed E-state index contributed by atoms with van der Waals surface area (Å²) in [5.41, 5.74) is 3.79. The topological polar surface area (TPSA) is 26.5 Å². The molecule has 2 aliphatic rings. The third-order valence-corrected chi connectivity index (χ3v) is 6.34. The number of benzene rings is 2. The highest BCUT2D eigenvalue weighted by Gasteiger charge is 2.53. The van der Waals surface area contributed by atoms with Crippen LogP contribution < -0.4 is 4.90 Å². The molecule has 2 heterocycles. The van der Waals surface area contributed by atoms with E-state index in [0.29, 0.717) is 6.54 Å². The molecule has 0 bridgehead atoms. The summed E-state index contributed by atoms with van der Waals surface area (Å²) >= 11 is 1.86. The van der Waals surface area contributed by atoms with Gasteiger partial charge in [-0.2, -0.15) is 0 Å². The lowest BCUT2D eigenvalue weighted by atomic mass is 10.0. The first-order valence-electron chi connectivity index (χ1n) is 8.50. The van der Waals surface area contributed by atoms with Crippen LogP contribution in [0.3, 0.4) is 0 Å². The van der Waals surface area contributed by atoms with Gasteiger partial charge in [-0.05, 0) is 49.2 Å². The van der Waals surface area contributed by atoms with Gasteiger partial charge in [0, 0.05) is 11.3 Å². The Hall–Kier alpha value is -1.78. The Kier molecular flexibility index (Phi) is 3.89. The Morgan fingerprint density at radius 3 is 2.67 bits per heavy atom. The number of nitrogens with zero attached hydrogens (tertiary/aromatic N) is 2. The smallest absolute Gasteiger partial charge is 0.316 e. The molecule has 4 heteroatoms. The van der Waals surface area contributed by atoms with E-state index >= 15 is 0 Å². The zero-order chi connectivity index (χ0) is 16.7. The fraction of sp³-hybridized carbons (Fsp3) is 0.350. The number of aliphatic hydroxyl groups is 1. The molecule has 0 radical (unpaired) electrons. The third kappa shape index (κ3) is 2.36. The number of hydrogen-bond acceptors (Lipinski definition) is 3. The fourth-order valence-corrected chi connectivity index (χ4v) is 4.84. The number of aryl methyl sites for hydroxylation is 1. The lowest BCUT2D eigenvalue weighted by Crippen LogP contribution is -2.41. The minimum atomic E-state index is -0.958. The van der Waals surface area contributed by atoms with Gasteiger partial charge in [0.1, 0.15) is 5.69 Å². The van der Waals surface area contributed by atoms with E-state index in [0.717, 1.165) is 24.3 Å². The van der Waals surface area contributed by atoms with Crippen LogP contribution in [0.1, 0.15) is 23.1 Å². The van der Waals surface area contributed by atoms with Crippen molar-refractivity contribution in [2.24, 2.45) is 0 Å². The maximum absolute atomic E-state index is 11.6. The quantitative estimate of drug-likeness (QED) is 0.849. The van der Waals surface area contributed by atoms with Crippen LogP contribution in [0, 0.1) is 13.8 Å². The van der Waals surface area contributed by atoms with Gasteiger partial charge in [0.15, 0.2) is 6.54 Å². The molecular formula is C20H23N2OS+. The van der Waals surface area contributed by atoms with E-state index in [1.807, 2.05) is 42.1 Å². The van der Waals surface area contributed by atoms with Crippen molar-refractivity contribution in [3.05, 3.63) is 65.2 Å². The highest BCUT2D eigenvalue weighted by Crippen LogP contribution is 2.38. The molecule has 1 N–H and O–H groups in total. The van der Waals surface area contributed by atoms with Crippen LogP contribution in [0.25, 0.3) is 0 Å². The van der Waals surface area contributed by atoms with E-state index in [4.69, 9.17) is 0 Å². The van der Waals surface area contributed by atoms with Gasteiger partial charge in [-0.15, -0.1) is 0 Å². The molecule has 0 aliphatic carbocycles. The lowest BCUT2D eigenvalue weighted by Gasteiger charge is -2.24. The second kappa shape index (κ2) is 5.94. The first-order chi connectivity index (χ1) is 11.6. The third-order valence-electron chi connectivity index (χ3n) is 5.15. The average molecular weight is 339 g/mol. The van der Waals surface area contributed by atoms with Crippen molar-refractivity contribution in [1.82, 2.24) is 0 Å². The van der Waals surface area contributed by atoms with E-state index in [1.165, 1.54) is 22.0 Å². The summed E-state index contributed by atoms with van der Waals surface area (Å²) < 4.78 is 2.19. The number of amidine groups is 1. The van der Waals surface area contributed by atoms with Crippen molar-refractivity contribution in [1.29, 1.82) is 0 Å². The Bertz CT molecular complexity index is 803. The van der Waals surface area contributed by atoms with Crippen LogP contribution in [-0.2, 0) is 5.72 Å². The molecule has 0 saturated heterocycles. The molecular weight excluding hydrogens is 316 g/mol. The van der Waals surface area contributed by atoms with Gasteiger partial charge in [-0.25, -0.2) is 9.48 Å². The number of hydrogen-bond donors (Lipinski definition) is 1. The summed E-state index contributed by atoms with van der Waals surface area (Å²) in [5, 5.41) is 12.8. The van der Waals surface area contributed by atoms with Gasteiger partial charge < -0.3 is 5.11 Å². The standard InChI is InChI=1S/C20H23N2OS/c1-15-8-6-11-18(16(15)2)21-14-20(23,17-9-4-3-5-10-17)22-12-7-13-24-19(21)22/h3-6,8-11,23H,7,12-14H2,1-2H3/q+1/t20-/m0/s1. The van der Waals surface area contributed by atoms with Crippen molar-refractivity contribution in [2.75, 3.05) is 23.7 Å². The summed E-state index contributed by atoms with van der Waals surface area (Å²) in [4.78, 5) is 2.30. The van der Waals surface area contributed by atoms with Crippen molar-refractivity contribution in [3.8, 4) is 0 Å². The van der Waals surface area contributed by atoms with E-state index in [1.54, 1.807) is 0 Å². The van der Waals surface area contributed by atoms with Crippen molar-refractivity contribution in [2.45, 2.75) is 26.0 Å². The first kappa shape index (κ1) is 15.7. The number of rotatable bonds is 2. The molecule has 2 aromatic rings. The second-order valence-electron chi connectivity index (χ2n) is 6.62. The summed E-state index contributed by atoms with van der Waals surface area (Å²) in [6.45, 7) is 5.79. The summed E-state index contributed by atoms with van der Waals surface area (Å²) in [5.74, 6) is 1.11. The Morgan fingerprint density at radius 2 is 1.88 bits per heavy atom. The first-order valence-corrected chi connectivity index (χ1v) is 9.49. The molecule has 2 aliphatic heterocycles. The molecule has 0 saturated carbocycles. The molecule has 124 valence electrons. The number of β-amino-alcohol motifs (C(OH)–C–C–N with tert-alkyl or cyclic N) is 1. The minimum absolute atomic E-state index is 0.573.